The van der Waals surface area contributed by atoms with E-state index in [-0.39, 0.29) is 23.3 Å². The third-order valence-corrected chi connectivity index (χ3v) is 4.89. The predicted molar refractivity (Wildman–Crippen MR) is 120 cm³/mol. The van der Waals surface area contributed by atoms with Crippen molar-refractivity contribution in [3.63, 3.8) is 0 Å². The number of amides is 2. The molecule has 0 saturated heterocycles. The van der Waals surface area contributed by atoms with Gasteiger partial charge in [0.25, 0.3) is 11.8 Å². The Morgan fingerprint density at radius 1 is 1.09 bits per heavy atom. The fourth-order valence-corrected chi connectivity index (χ4v) is 3.37. The number of furan rings is 1. The molecule has 0 unspecified atom stereocenters. The zero-order chi connectivity index (χ0) is 24.1. The molecular weight excluding hydrogens is 428 g/mol. The smallest absolute Gasteiger partial charge is 0.344 e. The molecule has 0 fully saturated rings. The van der Waals surface area contributed by atoms with Gasteiger partial charge in [-0.25, -0.2) is 4.79 Å². The second-order valence-corrected chi connectivity index (χ2v) is 7.37. The Balaban J connectivity index is 2.26. The van der Waals surface area contributed by atoms with Crippen LogP contribution in [-0.4, -0.2) is 61.0 Å². The number of hydrogen-bond donors (Lipinski definition) is 1. The average molecular weight is 452 g/mol. The van der Waals surface area contributed by atoms with Gasteiger partial charge in [-0.1, -0.05) is 30.3 Å². The van der Waals surface area contributed by atoms with E-state index < -0.39 is 36.7 Å². The van der Waals surface area contributed by atoms with Gasteiger partial charge in [0.15, 0.2) is 5.88 Å². The monoisotopic (exact) mass is 452 g/mol. The van der Waals surface area contributed by atoms with Crippen LogP contribution in [0, 0.1) is 0 Å². The van der Waals surface area contributed by atoms with Crippen molar-refractivity contribution in [2.24, 2.45) is 0 Å². The van der Waals surface area contributed by atoms with E-state index in [1.165, 1.54) is 6.08 Å². The van der Waals surface area contributed by atoms with Gasteiger partial charge in [-0.2, -0.15) is 0 Å². The zero-order valence-electron chi connectivity index (χ0n) is 18.5. The van der Waals surface area contributed by atoms with Crippen molar-refractivity contribution < 1.29 is 33.4 Å². The molecule has 0 spiro atoms. The quantitative estimate of drug-likeness (QED) is 0.281. The van der Waals surface area contributed by atoms with E-state index in [1.54, 1.807) is 68.4 Å². The van der Waals surface area contributed by atoms with Gasteiger partial charge < -0.3 is 19.2 Å². The van der Waals surface area contributed by atoms with Crippen LogP contribution >= 0.6 is 0 Å². The molecule has 2 aromatic rings. The molecule has 1 aromatic carbocycles. The molecule has 0 radical (unpaired) electrons. The lowest BCUT2D eigenvalue weighted by Crippen LogP contribution is -2.45. The number of carboxylic acids is 1. The van der Waals surface area contributed by atoms with Crippen molar-refractivity contribution >= 4 is 41.3 Å². The third-order valence-electron chi connectivity index (χ3n) is 4.89. The average Bonchev–Trinajstić information content (AvgIpc) is 3.25. The van der Waals surface area contributed by atoms with Crippen LogP contribution in [0.1, 0.15) is 24.7 Å². The number of carbonyl (C=O) groups is 4. The van der Waals surface area contributed by atoms with Gasteiger partial charge in [-0.15, -0.1) is 0 Å². The van der Waals surface area contributed by atoms with Crippen molar-refractivity contribution in [3.05, 3.63) is 64.9 Å². The highest BCUT2D eigenvalue weighted by atomic mass is 16.5. The lowest BCUT2D eigenvalue weighted by Gasteiger charge is -2.29. The maximum absolute atomic E-state index is 13.4. The minimum Gasteiger partial charge on any atom is -0.481 e. The predicted octanol–water partition coefficient (Wildman–Crippen LogP) is 2.59. The van der Waals surface area contributed by atoms with Crippen LogP contribution in [0.3, 0.4) is 0 Å². The molecule has 0 aliphatic carbocycles. The Bertz CT molecular complexity index is 1140. The number of carbonyl (C=O) groups excluding carboxylic acids is 3. The zero-order valence-corrected chi connectivity index (χ0v) is 18.5. The van der Waals surface area contributed by atoms with Gasteiger partial charge in [0.2, 0.25) is 0 Å². The molecule has 172 valence electrons. The molecular formula is C24H24N2O7. The summed E-state index contributed by atoms with van der Waals surface area (Å²) in [6.07, 6.45) is 0.976. The van der Waals surface area contributed by atoms with Crippen LogP contribution in [0.15, 0.2) is 58.0 Å². The van der Waals surface area contributed by atoms with Gasteiger partial charge >= 0.3 is 11.9 Å². The summed E-state index contributed by atoms with van der Waals surface area (Å²) in [6, 6.07) is 11.9. The Hall–Kier alpha value is -4.14. The van der Waals surface area contributed by atoms with E-state index in [2.05, 4.69) is 0 Å². The number of hydrogen-bond acceptors (Lipinski definition) is 7. The molecule has 9 nitrogen and oxygen atoms in total. The SMILES string of the molecule is CCOC(=O)C1=C(c2ccccc2)C(=Cc2ccc(N(C)C)o2)C(=O)N(CCC(=O)O)C1=O. The highest BCUT2D eigenvalue weighted by Crippen LogP contribution is 2.36. The molecule has 33 heavy (non-hydrogen) atoms. The van der Waals surface area contributed by atoms with Gasteiger partial charge in [0, 0.05) is 32.3 Å². The van der Waals surface area contributed by atoms with Crippen molar-refractivity contribution in [2.45, 2.75) is 13.3 Å². The van der Waals surface area contributed by atoms with E-state index >= 15 is 0 Å². The number of esters is 1. The Morgan fingerprint density at radius 2 is 1.79 bits per heavy atom. The van der Waals surface area contributed by atoms with Crippen LogP contribution in [0.4, 0.5) is 5.88 Å². The summed E-state index contributed by atoms with van der Waals surface area (Å²) in [5, 5.41) is 9.07. The van der Waals surface area contributed by atoms with Gasteiger partial charge in [-0.3, -0.25) is 19.3 Å². The summed E-state index contributed by atoms with van der Waals surface area (Å²) in [5.41, 5.74) is 0.261. The maximum atomic E-state index is 13.4. The number of nitrogens with zero attached hydrogens (tertiary/aromatic N) is 2. The molecule has 9 heteroatoms. The minimum atomic E-state index is -1.18. The largest absolute Gasteiger partial charge is 0.481 e. The molecule has 1 N–H and O–H groups in total. The van der Waals surface area contributed by atoms with E-state index in [4.69, 9.17) is 14.3 Å². The number of imide groups is 1. The van der Waals surface area contributed by atoms with Crippen molar-refractivity contribution in [1.29, 1.82) is 0 Å². The van der Waals surface area contributed by atoms with E-state index in [0.29, 0.717) is 17.2 Å². The second-order valence-electron chi connectivity index (χ2n) is 7.37. The first-order valence-corrected chi connectivity index (χ1v) is 10.3. The Morgan fingerprint density at radius 3 is 2.36 bits per heavy atom. The molecule has 1 aliphatic heterocycles. The Labute approximate surface area is 190 Å². The Kier molecular flexibility index (Phi) is 7.12. The van der Waals surface area contributed by atoms with E-state index in [1.807, 2.05) is 0 Å². The first-order valence-electron chi connectivity index (χ1n) is 10.3. The van der Waals surface area contributed by atoms with Crippen molar-refractivity contribution in [2.75, 3.05) is 32.1 Å². The molecule has 2 heterocycles. The molecule has 0 atom stereocenters. The molecule has 1 aliphatic rings. The second kappa shape index (κ2) is 9.99. The van der Waals surface area contributed by atoms with Gasteiger partial charge in [0.05, 0.1) is 18.6 Å². The fraction of sp³-hybridized carbons (Fsp3) is 0.250. The van der Waals surface area contributed by atoms with Gasteiger partial charge in [-0.05, 0) is 24.6 Å². The fourth-order valence-electron chi connectivity index (χ4n) is 3.37. The number of carboxylic acid groups (broad SMARTS) is 1. The summed E-state index contributed by atoms with van der Waals surface area (Å²) in [4.78, 5) is 53.1. The third kappa shape index (κ3) is 5.03. The highest BCUT2D eigenvalue weighted by molar-refractivity contribution is 6.35. The number of benzene rings is 1. The van der Waals surface area contributed by atoms with Crippen LogP contribution in [0.25, 0.3) is 11.6 Å². The number of aliphatic carboxylic acids is 1. The number of rotatable bonds is 8. The topological polar surface area (TPSA) is 117 Å². The maximum Gasteiger partial charge on any atom is 0.344 e. The van der Waals surface area contributed by atoms with Crippen LogP contribution < -0.4 is 4.90 Å². The molecule has 1 aromatic heterocycles. The van der Waals surface area contributed by atoms with E-state index in [9.17, 15) is 19.2 Å². The summed E-state index contributed by atoms with van der Waals surface area (Å²) < 4.78 is 10.9. The van der Waals surface area contributed by atoms with Crippen molar-refractivity contribution in [1.82, 2.24) is 4.90 Å². The first kappa shape index (κ1) is 23.5. The lowest BCUT2D eigenvalue weighted by molar-refractivity contribution is -0.145. The molecule has 0 saturated carbocycles. The normalized spacial score (nSPS) is 15.2. The van der Waals surface area contributed by atoms with Crippen LogP contribution in [-0.2, 0) is 23.9 Å². The van der Waals surface area contributed by atoms with Crippen LogP contribution in [0.2, 0.25) is 0 Å². The van der Waals surface area contributed by atoms with Gasteiger partial charge in [0.1, 0.15) is 11.3 Å². The minimum absolute atomic E-state index is 0.0180. The van der Waals surface area contributed by atoms with Crippen molar-refractivity contribution in [3.8, 4) is 0 Å². The molecule has 3 rings (SSSR count). The van der Waals surface area contributed by atoms with Crippen LogP contribution in [0.5, 0.6) is 0 Å². The number of anilines is 1. The first-order chi connectivity index (χ1) is 15.7. The standard InChI is InChI=1S/C24H24N2O7/c1-4-32-24(31)21-20(15-8-6-5-7-9-15)17(14-16-10-11-18(33-16)25(2)3)22(29)26(23(21)30)13-12-19(27)28/h5-11,14H,4,12-13H2,1-3H3,(H,27,28). The molecule has 2 amide bonds. The summed E-state index contributed by atoms with van der Waals surface area (Å²) in [6.45, 7) is 1.23. The summed E-state index contributed by atoms with van der Waals surface area (Å²) in [7, 11) is 3.59. The number of ether oxygens (including phenoxy) is 1. The summed E-state index contributed by atoms with van der Waals surface area (Å²) in [5.74, 6) is -2.84. The lowest BCUT2D eigenvalue weighted by atomic mass is 9.87. The molecule has 0 bridgehead atoms. The van der Waals surface area contributed by atoms with E-state index in [0.717, 1.165) is 4.90 Å². The summed E-state index contributed by atoms with van der Waals surface area (Å²) >= 11 is 0. The highest BCUT2D eigenvalue weighted by Gasteiger charge is 2.41.